The van der Waals surface area contributed by atoms with E-state index in [1.165, 1.54) is 6.26 Å². The normalized spacial score (nSPS) is 14.5. The SMILES string of the molecule is C1=COOC(c2ccccn2)=C1. The number of hydrogen-bond donors (Lipinski definition) is 0. The van der Waals surface area contributed by atoms with Gasteiger partial charge in [-0.2, -0.15) is 0 Å². The van der Waals surface area contributed by atoms with Gasteiger partial charge in [0.05, 0.1) is 0 Å². The molecule has 3 heteroatoms. The van der Waals surface area contributed by atoms with Gasteiger partial charge in [-0.3, -0.25) is 14.8 Å². The second kappa shape index (κ2) is 3.09. The summed E-state index contributed by atoms with van der Waals surface area (Å²) in [6, 6.07) is 5.60. The molecule has 2 heterocycles. The molecule has 0 aromatic carbocycles. The zero-order valence-corrected chi connectivity index (χ0v) is 6.31. The third-order valence-corrected chi connectivity index (χ3v) is 1.44. The molecule has 1 aliphatic rings. The zero-order valence-electron chi connectivity index (χ0n) is 6.31. The highest BCUT2D eigenvalue weighted by Crippen LogP contribution is 2.15. The maximum absolute atomic E-state index is 4.88. The lowest BCUT2D eigenvalue weighted by molar-refractivity contribution is -0.182. The molecular formula is C9H7NO2. The second-order valence-corrected chi connectivity index (χ2v) is 2.25. The summed E-state index contributed by atoms with van der Waals surface area (Å²) in [4.78, 5) is 13.6. The Kier molecular flexibility index (Phi) is 1.78. The molecule has 0 radical (unpaired) electrons. The Morgan fingerprint density at radius 1 is 1.25 bits per heavy atom. The van der Waals surface area contributed by atoms with Crippen LogP contribution in [0, 0.1) is 0 Å². The number of hydrogen-bond acceptors (Lipinski definition) is 3. The van der Waals surface area contributed by atoms with Crippen molar-refractivity contribution in [1.29, 1.82) is 0 Å². The van der Waals surface area contributed by atoms with Crippen LogP contribution in [0.4, 0.5) is 0 Å². The number of allylic oxidation sites excluding steroid dienone is 2. The fourth-order valence-corrected chi connectivity index (χ4v) is 0.903. The summed E-state index contributed by atoms with van der Waals surface area (Å²) >= 11 is 0. The van der Waals surface area contributed by atoms with E-state index in [1.807, 2.05) is 18.2 Å². The van der Waals surface area contributed by atoms with E-state index in [0.29, 0.717) is 5.76 Å². The summed E-state index contributed by atoms with van der Waals surface area (Å²) in [5, 5.41) is 0. The van der Waals surface area contributed by atoms with Crippen LogP contribution in [0.2, 0.25) is 0 Å². The van der Waals surface area contributed by atoms with Gasteiger partial charge in [-0.1, -0.05) is 6.07 Å². The summed E-state index contributed by atoms with van der Waals surface area (Å²) in [6.45, 7) is 0. The Morgan fingerprint density at radius 3 is 2.92 bits per heavy atom. The first kappa shape index (κ1) is 6.91. The Bertz CT molecular complexity index is 317. The van der Waals surface area contributed by atoms with Crippen LogP contribution < -0.4 is 0 Å². The maximum atomic E-state index is 4.88. The van der Waals surface area contributed by atoms with Gasteiger partial charge in [0, 0.05) is 6.20 Å². The highest BCUT2D eigenvalue weighted by atomic mass is 17.2. The highest BCUT2D eigenvalue weighted by Gasteiger charge is 2.05. The van der Waals surface area contributed by atoms with Crippen molar-refractivity contribution in [3.05, 3.63) is 48.5 Å². The molecule has 0 bridgehead atoms. The first-order chi connectivity index (χ1) is 5.97. The Labute approximate surface area is 69.9 Å². The van der Waals surface area contributed by atoms with Gasteiger partial charge in [-0.05, 0) is 24.3 Å². The Balaban J connectivity index is 2.31. The summed E-state index contributed by atoms with van der Waals surface area (Å²) < 4.78 is 0. The van der Waals surface area contributed by atoms with Crippen LogP contribution in [0.5, 0.6) is 0 Å². The largest absolute Gasteiger partial charge is 0.298 e. The number of pyridine rings is 1. The molecule has 60 valence electrons. The van der Waals surface area contributed by atoms with Crippen LogP contribution in [-0.2, 0) is 9.78 Å². The van der Waals surface area contributed by atoms with Crippen LogP contribution in [0.1, 0.15) is 5.69 Å². The molecule has 0 saturated heterocycles. The predicted octanol–water partition coefficient (Wildman–Crippen LogP) is 1.90. The minimum absolute atomic E-state index is 0.623. The number of rotatable bonds is 1. The minimum Gasteiger partial charge on any atom is -0.298 e. The third-order valence-electron chi connectivity index (χ3n) is 1.44. The zero-order chi connectivity index (χ0) is 8.23. The van der Waals surface area contributed by atoms with Crippen molar-refractivity contribution in [3.63, 3.8) is 0 Å². The van der Waals surface area contributed by atoms with E-state index in [0.717, 1.165) is 5.69 Å². The molecule has 0 spiro atoms. The topological polar surface area (TPSA) is 31.4 Å². The molecule has 0 saturated carbocycles. The summed E-state index contributed by atoms with van der Waals surface area (Å²) in [7, 11) is 0. The average Bonchev–Trinajstić information content (AvgIpc) is 2.21. The summed E-state index contributed by atoms with van der Waals surface area (Å²) in [5.41, 5.74) is 0.766. The monoisotopic (exact) mass is 161 g/mol. The second-order valence-electron chi connectivity index (χ2n) is 2.25. The molecule has 3 nitrogen and oxygen atoms in total. The molecule has 1 aromatic heterocycles. The van der Waals surface area contributed by atoms with Gasteiger partial charge in [0.25, 0.3) is 0 Å². The van der Waals surface area contributed by atoms with Crippen molar-refractivity contribution in [2.24, 2.45) is 0 Å². The van der Waals surface area contributed by atoms with E-state index in [1.54, 1.807) is 18.3 Å². The van der Waals surface area contributed by atoms with Gasteiger partial charge in [0.1, 0.15) is 12.0 Å². The van der Waals surface area contributed by atoms with Crippen molar-refractivity contribution < 1.29 is 9.78 Å². The lowest BCUT2D eigenvalue weighted by Crippen LogP contribution is -1.95. The molecule has 0 fully saturated rings. The molecule has 0 aliphatic carbocycles. The van der Waals surface area contributed by atoms with E-state index in [2.05, 4.69) is 9.87 Å². The molecule has 0 unspecified atom stereocenters. The average molecular weight is 161 g/mol. The molecule has 0 amide bonds. The molecule has 0 N–H and O–H groups in total. The van der Waals surface area contributed by atoms with E-state index in [9.17, 15) is 0 Å². The highest BCUT2D eigenvalue weighted by molar-refractivity contribution is 5.57. The quantitative estimate of drug-likeness (QED) is 0.589. The first-order valence-corrected chi connectivity index (χ1v) is 3.58. The smallest absolute Gasteiger partial charge is 0.204 e. The minimum atomic E-state index is 0.623. The molecule has 2 rings (SSSR count). The van der Waals surface area contributed by atoms with Gasteiger partial charge >= 0.3 is 0 Å². The lowest BCUT2D eigenvalue weighted by atomic mass is 10.3. The molecule has 1 aliphatic heterocycles. The van der Waals surface area contributed by atoms with Gasteiger partial charge < -0.3 is 0 Å². The fraction of sp³-hybridized carbons (Fsp3) is 0. The Hall–Kier alpha value is -1.77. The van der Waals surface area contributed by atoms with E-state index in [-0.39, 0.29) is 0 Å². The fourth-order valence-electron chi connectivity index (χ4n) is 0.903. The third kappa shape index (κ3) is 1.29. The van der Waals surface area contributed by atoms with Gasteiger partial charge in [-0.15, -0.1) is 0 Å². The predicted molar refractivity (Wildman–Crippen MR) is 43.5 cm³/mol. The lowest BCUT2D eigenvalue weighted by Gasteiger charge is -2.07. The van der Waals surface area contributed by atoms with Crippen molar-refractivity contribution in [3.8, 4) is 0 Å². The van der Waals surface area contributed by atoms with Crippen LogP contribution >= 0.6 is 0 Å². The Morgan fingerprint density at radius 2 is 2.25 bits per heavy atom. The standard InChI is InChI=1S/C9H7NO2/c1-2-6-10-8(4-1)9-5-3-7-11-12-9/h1-7H. The molecule has 12 heavy (non-hydrogen) atoms. The summed E-state index contributed by atoms with van der Waals surface area (Å²) in [5.74, 6) is 0.623. The van der Waals surface area contributed by atoms with Crippen molar-refractivity contribution in [2.45, 2.75) is 0 Å². The van der Waals surface area contributed by atoms with Crippen LogP contribution in [0.3, 0.4) is 0 Å². The van der Waals surface area contributed by atoms with Crippen molar-refractivity contribution in [1.82, 2.24) is 4.98 Å². The van der Waals surface area contributed by atoms with Crippen LogP contribution in [0.15, 0.2) is 42.8 Å². The number of aromatic nitrogens is 1. The van der Waals surface area contributed by atoms with Crippen molar-refractivity contribution >= 4 is 5.76 Å². The van der Waals surface area contributed by atoms with E-state index >= 15 is 0 Å². The van der Waals surface area contributed by atoms with Gasteiger partial charge in [-0.25, -0.2) is 0 Å². The van der Waals surface area contributed by atoms with Crippen LogP contribution in [-0.4, -0.2) is 4.98 Å². The van der Waals surface area contributed by atoms with Crippen LogP contribution in [0.25, 0.3) is 5.76 Å². The van der Waals surface area contributed by atoms with E-state index < -0.39 is 0 Å². The first-order valence-electron chi connectivity index (χ1n) is 3.58. The maximum Gasteiger partial charge on any atom is 0.204 e. The van der Waals surface area contributed by atoms with Gasteiger partial charge in [0.2, 0.25) is 5.76 Å². The number of nitrogens with zero attached hydrogens (tertiary/aromatic N) is 1. The molecule has 0 atom stereocenters. The molecular weight excluding hydrogens is 154 g/mol. The molecule has 1 aromatic rings. The van der Waals surface area contributed by atoms with E-state index in [4.69, 9.17) is 4.89 Å². The van der Waals surface area contributed by atoms with Gasteiger partial charge in [0.15, 0.2) is 0 Å². The summed E-state index contributed by atoms with van der Waals surface area (Å²) in [6.07, 6.45) is 6.73. The van der Waals surface area contributed by atoms with Crippen molar-refractivity contribution in [2.75, 3.05) is 0 Å².